The molecule has 0 fully saturated rings. The van der Waals surface area contributed by atoms with E-state index in [9.17, 15) is 13.2 Å². The van der Waals surface area contributed by atoms with Gasteiger partial charge in [-0.25, -0.2) is 4.99 Å². The molecule has 0 spiro atoms. The van der Waals surface area contributed by atoms with Gasteiger partial charge in [-0.15, -0.1) is 0 Å². The molecule has 1 aliphatic rings. The number of hydrogen-bond acceptors (Lipinski definition) is 2. The van der Waals surface area contributed by atoms with Crippen LogP contribution in [0.4, 0.5) is 13.2 Å². The Labute approximate surface area is 49.1 Å². The van der Waals surface area contributed by atoms with Crippen molar-refractivity contribution < 1.29 is 13.2 Å². The van der Waals surface area contributed by atoms with E-state index in [1.54, 1.807) is 0 Å². The van der Waals surface area contributed by atoms with Crippen LogP contribution in [0.25, 0.3) is 0 Å². The Hall–Kier alpha value is -1.00. The van der Waals surface area contributed by atoms with Gasteiger partial charge in [-0.2, -0.15) is 13.2 Å². The molecule has 0 saturated carbocycles. The average Bonchev–Trinajstić information content (AvgIpc) is 1.60. The van der Waals surface area contributed by atoms with Gasteiger partial charge < -0.3 is 5.32 Å². The summed E-state index contributed by atoms with van der Waals surface area (Å²) < 4.78 is 35.7. The van der Waals surface area contributed by atoms with Crippen LogP contribution in [0.1, 0.15) is 0 Å². The maximum absolute atomic E-state index is 11.9. The zero-order valence-corrected chi connectivity index (χ0v) is 4.24. The highest BCUT2D eigenvalue weighted by Crippen LogP contribution is 2.19. The van der Waals surface area contributed by atoms with Gasteiger partial charge in [0.25, 0.3) is 0 Å². The van der Waals surface area contributed by atoms with Crippen molar-refractivity contribution in [3.63, 3.8) is 0 Å². The second-order valence-corrected chi connectivity index (χ2v) is 1.48. The van der Waals surface area contributed by atoms with E-state index in [0.29, 0.717) is 6.34 Å². The molecule has 50 valence electrons. The minimum Gasteiger partial charge on any atom is -0.323 e. The third-order valence-electron chi connectivity index (χ3n) is 0.739. The summed E-state index contributed by atoms with van der Waals surface area (Å²) in [5.74, 6) is -1.07. The predicted octanol–water partition coefficient (Wildman–Crippen LogP) is 1.02. The Morgan fingerprint density at radius 2 is 2.22 bits per heavy atom. The van der Waals surface area contributed by atoms with Crippen molar-refractivity contribution in [2.75, 3.05) is 0 Å². The van der Waals surface area contributed by atoms with Gasteiger partial charge in [0.15, 0.2) is 5.95 Å². The summed E-state index contributed by atoms with van der Waals surface area (Å²) in [7, 11) is 0. The van der Waals surface area contributed by atoms with Crippen LogP contribution in [-0.4, -0.2) is 12.4 Å². The van der Waals surface area contributed by atoms with Crippen LogP contribution >= 0.6 is 0 Å². The summed E-state index contributed by atoms with van der Waals surface area (Å²) in [6.07, 6.45) is 0.725. The standard InChI is InChI=1S/C4H3F3N2/c5-3-1-4(6,7)9-2-8-3/h1-2H,(H,8,9). The molecule has 0 aromatic heterocycles. The van der Waals surface area contributed by atoms with E-state index in [2.05, 4.69) is 4.99 Å². The lowest BCUT2D eigenvalue weighted by atomic mass is 10.5. The second-order valence-electron chi connectivity index (χ2n) is 1.48. The Kier molecular flexibility index (Phi) is 1.19. The maximum atomic E-state index is 11.9. The molecule has 1 rings (SSSR count). The summed E-state index contributed by atoms with van der Waals surface area (Å²) in [4.78, 5) is 2.63. The minimum absolute atomic E-state index is 0.104. The van der Waals surface area contributed by atoms with Crippen LogP contribution in [0, 0.1) is 0 Å². The third kappa shape index (κ3) is 1.45. The molecule has 1 aliphatic heterocycles. The molecule has 0 radical (unpaired) electrons. The summed E-state index contributed by atoms with van der Waals surface area (Å²) in [5.41, 5.74) is 0. The highest BCUT2D eigenvalue weighted by molar-refractivity contribution is 5.59. The quantitative estimate of drug-likeness (QED) is 0.494. The molecule has 2 nitrogen and oxygen atoms in total. The summed E-state index contributed by atoms with van der Waals surface area (Å²) in [5, 5.41) is 1.86. The van der Waals surface area contributed by atoms with E-state index < -0.39 is 12.0 Å². The SMILES string of the molecule is FC1=CC(F)(F)N=CN1. The molecule has 0 atom stereocenters. The lowest BCUT2D eigenvalue weighted by molar-refractivity contribution is 0.0613. The van der Waals surface area contributed by atoms with Gasteiger partial charge in [-0.1, -0.05) is 0 Å². The third-order valence-corrected chi connectivity index (χ3v) is 0.739. The Morgan fingerprint density at radius 3 is 2.56 bits per heavy atom. The van der Waals surface area contributed by atoms with Crippen molar-refractivity contribution in [3.8, 4) is 0 Å². The van der Waals surface area contributed by atoms with Crippen molar-refractivity contribution in [1.29, 1.82) is 0 Å². The first-order valence-electron chi connectivity index (χ1n) is 2.16. The zero-order chi connectivity index (χ0) is 6.91. The fourth-order valence-electron chi connectivity index (χ4n) is 0.411. The van der Waals surface area contributed by atoms with Crippen LogP contribution < -0.4 is 5.32 Å². The van der Waals surface area contributed by atoms with Crippen LogP contribution in [0.5, 0.6) is 0 Å². The first-order valence-corrected chi connectivity index (χ1v) is 2.16. The van der Waals surface area contributed by atoms with Gasteiger partial charge >= 0.3 is 6.05 Å². The largest absolute Gasteiger partial charge is 0.368 e. The predicted molar refractivity (Wildman–Crippen MR) is 25.8 cm³/mol. The molecule has 0 saturated heterocycles. The monoisotopic (exact) mass is 136 g/mol. The van der Waals surface area contributed by atoms with Gasteiger partial charge in [0.1, 0.15) is 0 Å². The highest BCUT2D eigenvalue weighted by Gasteiger charge is 2.27. The van der Waals surface area contributed by atoms with E-state index in [1.807, 2.05) is 5.32 Å². The summed E-state index contributed by atoms with van der Waals surface area (Å²) in [6, 6.07) is -3.38. The fourth-order valence-corrected chi connectivity index (χ4v) is 0.411. The number of hydrogen-bond donors (Lipinski definition) is 1. The van der Waals surface area contributed by atoms with Gasteiger partial charge in [-0.3, -0.25) is 0 Å². The molecule has 0 aliphatic carbocycles. The van der Waals surface area contributed by atoms with Gasteiger partial charge in [0, 0.05) is 0 Å². The Morgan fingerprint density at radius 1 is 1.56 bits per heavy atom. The highest BCUT2D eigenvalue weighted by atomic mass is 19.3. The summed E-state index contributed by atoms with van der Waals surface area (Å²) >= 11 is 0. The molecule has 0 aromatic carbocycles. The first-order chi connectivity index (χ1) is 4.10. The van der Waals surface area contributed by atoms with Gasteiger partial charge in [0.05, 0.1) is 12.4 Å². The summed E-state index contributed by atoms with van der Waals surface area (Å²) in [6.45, 7) is 0. The molecular formula is C4H3F3N2. The number of rotatable bonds is 0. The molecule has 0 aromatic rings. The number of nitrogens with zero attached hydrogens (tertiary/aromatic N) is 1. The molecular weight excluding hydrogens is 133 g/mol. The van der Waals surface area contributed by atoms with Crippen molar-refractivity contribution in [1.82, 2.24) is 5.32 Å². The molecule has 9 heavy (non-hydrogen) atoms. The van der Waals surface area contributed by atoms with E-state index in [4.69, 9.17) is 0 Å². The number of halogens is 3. The van der Waals surface area contributed by atoms with Gasteiger partial charge in [-0.05, 0) is 0 Å². The van der Waals surface area contributed by atoms with Crippen molar-refractivity contribution in [2.24, 2.45) is 4.99 Å². The topological polar surface area (TPSA) is 24.4 Å². The van der Waals surface area contributed by atoms with E-state index in [-0.39, 0.29) is 6.08 Å². The number of alkyl halides is 2. The molecule has 1 N–H and O–H groups in total. The van der Waals surface area contributed by atoms with Crippen molar-refractivity contribution >= 4 is 6.34 Å². The van der Waals surface area contributed by atoms with Gasteiger partial charge in [0.2, 0.25) is 0 Å². The first kappa shape index (κ1) is 6.12. The molecule has 0 bridgehead atoms. The van der Waals surface area contributed by atoms with Crippen molar-refractivity contribution in [3.05, 3.63) is 12.0 Å². The van der Waals surface area contributed by atoms with Crippen LogP contribution in [-0.2, 0) is 0 Å². The molecule has 1 heterocycles. The van der Waals surface area contributed by atoms with E-state index in [1.165, 1.54) is 0 Å². The van der Waals surface area contributed by atoms with Crippen LogP contribution in [0.3, 0.4) is 0 Å². The van der Waals surface area contributed by atoms with Crippen LogP contribution in [0.15, 0.2) is 17.0 Å². The zero-order valence-electron chi connectivity index (χ0n) is 4.24. The van der Waals surface area contributed by atoms with Crippen molar-refractivity contribution in [2.45, 2.75) is 6.05 Å². The van der Waals surface area contributed by atoms with Crippen LogP contribution in [0.2, 0.25) is 0 Å². The smallest absolute Gasteiger partial charge is 0.323 e. The Balaban J connectivity index is 2.78. The second kappa shape index (κ2) is 1.75. The average molecular weight is 136 g/mol. The lowest BCUT2D eigenvalue weighted by Gasteiger charge is -2.09. The Bertz CT molecular complexity index is 173. The lowest BCUT2D eigenvalue weighted by Crippen LogP contribution is -2.21. The fraction of sp³-hybridized carbons (Fsp3) is 0.250. The molecule has 0 amide bonds. The molecule has 0 unspecified atom stereocenters. The normalized spacial score (nSPS) is 22.8. The van der Waals surface area contributed by atoms with E-state index in [0.717, 1.165) is 0 Å². The number of nitrogens with one attached hydrogen (secondary N) is 1. The molecule has 5 heteroatoms. The maximum Gasteiger partial charge on any atom is 0.368 e. The van der Waals surface area contributed by atoms with E-state index >= 15 is 0 Å². The minimum atomic E-state index is -3.38. The number of aliphatic imine (C=N–C) groups is 1.